The molecule has 2 rings (SSSR count). The molecule has 1 aromatic heterocycles. The largest absolute Gasteiger partial charge is 0.481 e. The first-order valence-corrected chi connectivity index (χ1v) is 6.90. The molecule has 1 amide bonds. The molecule has 0 radical (unpaired) electrons. The van der Waals surface area contributed by atoms with Gasteiger partial charge in [0.1, 0.15) is 0 Å². The number of benzene rings is 1. The molecule has 1 N–H and O–H groups in total. The highest BCUT2D eigenvalue weighted by Crippen LogP contribution is 2.10. The van der Waals surface area contributed by atoms with Gasteiger partial charge in [0, 0.05) is 13.1 Å². The van der Waals surface area contributed by atoms with E-state index in [2.05, 4.69) is 10.2 Å². The number of aromatic nitrogens is 2. The number of carboxylic acid groups (broad SMARTS) is 1. The minimum atomic E-state index is -0.935. The summed E-state index contributed by atoms with van der Waals surface area (Å²) in [4.78, 5) is 24.9. The van der Waals surface area contributed by atoms with Crippen LogP contribution in [0.5, 0.6) is 0 Å². The van der Waals surface area contributed by atoms with E-state index in [4.69, 9.17) is 5.11 Å². The lowest BCUT2D eigenvalue weighted by Crippen LogP contribution is -2.32. The topological polar surface area (TPSA) is 83.4 Å². The van der Waals surface area contributed by atoms with Crippen LogP contribution in [0.2, 0.25) is 0 Å². The fourth-order valence-corrected chi connectivity index (χ4v) is 2.06. The molecule has 0 aliphatic heterocycles. The van der Waals surface area contributed by atoms with Crippen molar-refractivity contribution < 1.29 is 14.7 Å². The van der Waals surface area contributed by atoms with E-state index in [-0.39, 0.29) is 18.9 Å². The maximum absolute atomic E-state index is 12.6. The number of carbonyl (C=O) groups excluding carboxylic acids is 1. The lowest BCUT2D eigenvalue weighted by atomic mass is 10.1. The van der Waals surface area contributed by atoms with Crippen molar-refractivity contribution in [3.8, 4) is 0 Å². The number of aliphatic carboxylic acids is 1. The number of carboxylic acids is 1. The Morgan fingerprint density at radius 1 is 1.23 bits per heavy atom. The van der Waals surface area contributed by atoms with Crippen molar-refractivity contribution in [2.45, 2.75) is 19.9 Å². The van der Waals surface area contributed by atoms with E-state index in [1.807, 2.05) is 30.3 Å². The maximum Gasteiger partial charge on any atom is 0.305 e. The molecular formula is C16H17N3O3. The summed E-state index contributed by atoms with van der Waals surface area (Å²) in [5.41, 5.74) is 2.00. The summed E-state index contributed by atoms with van der Waals surface area (Å²) >= 11 is 0. The van der Waals surface area contributed by atoms with Crippen LogP contribution < -0.4 is 0 Å². The summed E-state index contributed by atoms with van der Waals surface area (Å²) in [7, 11) is 0. The Balaban J connectivity index is 2.19. The van der Waals surface area contributed by atoms with Crippen molar-refractivity contribution in [3.63, 3.8) is 0 Å². The van der Waals surface area contributed by atoms with Gasteiger partial charge in [0.15, 0.2) is 0 Å². The van der Waals surface area contributed by atoms with Crippen molar-refractivity contribution in [3.05, 3.63) is 59.4 Å². The predicted molar refractivity (Wildman–Crippen MR) is 80.2 cm³/mol. The standard InChI is InChI=1S/C16H17N3O3/c1-12-9-14(10-17-18-12)16(22)19(8-7-15(20)21)11-13-5-3-2-4-6-13/h2-6,9-10H,7-8,11H2,1H3,(H,20,21). The van der Waals surface area contributed by atoms with E-state index >= 15 is 0 Å². The first-order chi connectivity index (χ1) is 10.6. The number of aryl methyl sites for hydroxylation is 1. The van der Waals surface area contributed by atoms with Crippen LogP contribution in [-0.2, 0) is 11.3 Å². The molecule has 0 saturated heterocycles. The van der Waals surface area contributed by atoms with Gasteiger partial charge in [-0.05, 0) is 18.6 Å². The van der Waals surface area contributed by atoms with Crippen LogP contribution in [-0.4, -0.2) is 38.6 Å². The second-order valence-corrected chi connectivity index (χ2v) is 4.94. The SMILES string of the molecule is Cc1cc(C(=O)N(CCC(=O)O)Cc2ccccc2)cnn1. The third kappa shape index (κ3) is 4.37. The molecule has 0 bridgehead atoms. The van der Waals surface area contributed by atoms with E-state index in [0.29, 0.717) is 17.8 Å². The van der Waals surface area contributed by atoms with Crippen LogP contribution in [0.15, 0.2) is 42.6 Å². The summed E-state index contributed by atoms with van der Waals surface area (Å²) in [6, 6.07) is 11.1. The summed E-state index contributed by atoms with van der Waals surface area (Å²) in [5.74, 6) is -1.18. The second kappa shape index (κ2) is 7.31. The zero-order valence-corrected chi connectivity index (χ0v) is 12.3. The maximum atomic E-state index is 12.6. The van der Waals surface area contributed by atoms with Gasteiger partial charge >= 0.3 is 5.97 Å². The zero-order chi connectivity index (χ0) is 15.9. The summed E-state index contributed by atoms with van der Waals surface area (Å²) in [6.45, 7) is 2.25. The van der Waals surface area contributed by atoms with E-state index < -0.39 is 5.97 Å². The number of nitrogens with zero attached hydrogens (tertiary/aromatic N) is 3. The van der Waals surface area contributed by atoms with Gasteiger partial charge in [-0.3, -0.25) is 9.59 Å². The van der Waals surface area contributed by atoms with Crippen LogP contribution in [0.1, 0.15) is 28.0 Å². The highest BCUT2D eigenvalue weighted by atomic mass is 16.4. The normalized spacial score (nSPS) is 10.2. The van der Waals surface area contributed by atoms with Crippen LogP contribution in [0.25, 0.3) is 0 Å². The zero-order valence-electron chi connectivity index (χ0n) is 12.3. The Kier molecular flexibility index (Phi) is 5.19. The average Bonchev–Trinajstić information content (AvgIpc) is 2.51. The third-order valence-electron chi connectivity index (χ3n) is 3.12. The van der Waals surface area contributed by atoms with Gasteiger partial charge in [0.05, 0.1) is 23.9 Å². The van der Waals surface area contributed by atoms with Crippen molar-refractivity contribution in [2.24, 2.45) is 0 Å². The number of hydrogen-bond acceptors (Lipinski definition) is 4. The van der Waals surface area contributed by atoms with Crippen LogP contribution in [0.3, 0.4) is 0 Å². The van der Waals surface area contributed by atoms with Crippen LogP contribution >= 0.6 is 0 Å². The first kappa shape index (κ1) is 15.6. The molecule has 0 spiro atoms. The van der Waals surface area contributed by atoms with Gasteiger partial charge in [-0.15, -0.1) is 0 Å². The molecule has 0 unspecified atom stereocenters. The molecule has 114 valence electrons. The van der Waals surface area contributed by atoms with Crippen molar-refractivity contribution in [1.82, 2.24) is 15.1 Å². The second-order valence-electron chi connectivity index (χ2n) is 4.94. The molecule has 0 fully saturated rings. The minimum absolute atomic E-state index is 0.101. The van der Waals surface area contributed by atoms with Gasteiger partial charge in [0.2, 0.25) is 0 Å². The molecule has 0 aliphatic rings. The van der Waals surface area contributed by atoms with E-state index in [1.54, 1.807) is 13.0 Å². The Morgan fingerprint density at radius 3 is 2.59 bits per heavy atom. The molecule has 0 atom stereocenters. The highest BCUT2D eigenvalue weighted by molar-refractivity contribution is 5.94. The molecule has 2 aromatic rings. The van der Waals surface area contributed by atoms with E-state index in [9.17, 15) is 9.59 Å². The quantitative estimate of drug-likeness (QED) is 0.880. The highest BCUT2D eigenvalue weighted by Gasteiger charge is 2.18. The molecule has 0 saturated carbocycles. The van der Waals surface area contributed by atoms with Gasteiger partial charge < -0.3 is 10.0 Å². The molecule has 0 aliphatic carbocycles. The summed E-state index contributed by atoms with van der Waals surface area (Å²) in [6.07, 6.45) is 1.30. The minimum Gasteiger partial charge on any atom is -0.481 e. The van der Waals surface area contributed by atoms with E-state index in [1.165, 1.54) is 11.1 Å². The predicted octanol–water partition coefficient (Wildman–Crippen LogP) is 1.90. The lowest BCUT2D eigenvalue weighted by molar-refractivity contribution is -0.137. The van der Waals surface area contributed by atoms with Gasteiger partial charge in [0.25, 0.3) is 5.91 Å². The summed E-state index contributed by atoms with van der Waals surface area (Å²) < 4.78 is 0. The Labute approximate surface area is 128 Å². The van der Waals surface area contributed by atoms with Crippen molar-refractivity contribution >= 4 is 11.9 Å². The number of carbonyl (C=O) groups is 2. The monoisotopic (exact) mass is 299 g/mol. The molecular weight excluding hydrogens is 282 g/mol. The van der Waals surface area contributed by atoms with E-state index in [0.717, 1.165) is 5.56 Å². The smallest absolute Gasteiger partial charge is 0.305 e. The average molecular weight is 299 g/mol. The van der Waals surface area contributed by atoms with Gasteiger partial charge in [-0.2, -0.15) is 10.2 Å². The van der Waals surface area contributed by atoms with Gasteiger partial charge in [-0.1, -0.05) is 30.3 Å². The fraction of sp³-hybridized carbons (Fsp3) is 0.250. The lowest BCUT2D eigenvalue weighted by Gasteiger charge is -2.22. The molecule has 6 nitrogen and oxygen atoms in total. The summed E-state index contributed by atoms with van der Waals surface area (Å²) in [5, 5.41) is 16.5. The number of amides is 1. The fourth-order valence-electron chi connectivity index (χ4n) is 2.06. The molecule has 22 heavy (non-hydrogen) atoms. The Bertz CT molecular complexity index is 659. The number of hydrogen-bond donors (Lipinski definition) is 1. The third-order valence-corrected chi connectivity index (χ3v) is 3.12. The molecule has 6 heteroatoms. The Hall–Kier alpha value is -2.76. The Morgan fingerprint density at radius 2 is 1.95 bits per heavy atom. The molecule has 1 heterocycles. The molecule has 1 aromatic carbocycles. The van der Waals surface area contributed by atoms with Crippen LogP contribution in [0.4, 0.5) is 0 Å². The van der Waals surface area contributed by atoms with Gasteiger partial charge in [-0.25, -0.2) is 0 Å². The van der Waals surface area contributed by atoms with Crippen LogP contribution in [0, 0.1) is 6.92 Å². The van der Waals surface area contributed by atoms with Crippen molar-refractivity contribution in [2.75, 3.05) is 6.54 Å². The van der Waals surface area contributed by atoms with Crippen molar-refractivity contribution in [1.29, 1.82) is 0 Å². The number of rotatable bonds is 6. The first-order valence-electron chi connectivity index (χ1n) is 6.90.